The van der Waals surface area contributed by atoms with Gasteiger partial charge in [0.15, 0.2) is 11.2 Å². The molecule has 2 aliphatic rings. The van der Waals surface area contributed by atoms with E-state index in [9.17, 15) is 10.1 Å². The zero-order valence-electron chi connectivity index (χ0n) is 19.5. The van der Waals surface area contributed by atoms with E-state index in [1.54, 1.807) is 23.2 Å². The number of hydrogen-bond donors (Lipinski definition) is 0. The molecule has 4 heterocycles. The minimum Gasteiger partial charge on any atom is -0.343 e. The summed E-state index contributed by atoms with van der Waals surface area (Å²) in [5.41, 5.74) is 2.81. The molecule has 7 nitrogen and oxygen atoms in total. The molecule has 0 aliphatic carbocycles. The summed E-state index contributed by atoms with van der Waals surface area (Å²) >= 11 is 0. The first kappa shape index (κ1) is 22.2. The SMILES string of the molecule is CC(=O)N1CCC(F)(c2cc3c(=NCc4cccc(C#N)c4C)nc4n(c3cn2)CCC4)CC1. The summed E-state index contributed by atoms with van der Waals surface area (Å²) in [7, 11) is 0. The average molecular weight is 459 g/mol. The van der Waals surface area contributed by atoms with E-state index < -0.39 is 5.67 Å². The fourth-order valence-electron chi connectivity index (χ4n) is 4.99. The van der Waals surface area contributed by atoms with Crippen molar-refractivity contribution in [3.63, 3.8) is 0 Å². The van der Waals surface area contributed by atoms with Gasteiger partial charge >= 0.3 is 0 Å². The van der Waals surface area contributed by atoms with Gasteiger partial charge in [-0.25, -0.2) is 9.37 Å². The Kier molecular flexibility index (Phi) is 5.64. The molecule has 34 heavy (non-hydrogen) atoms. The standard InChI is InChI=1S/C26H27FN6O/c1-17-19(14-28)5-3-6-20(17)15-30-25-21-13-23(26(27)8-11-32(12-9-26)18(2)34)29-16-22(21)33-10-4-7-24(33)31-25/h3,5-6,13,16H,4,7-12,15H2,1-2H3. The Hall–Kier alpha value is -3.60. The molecule has 0 N–H and O–H groups in total. The monoisotopic (exact) mass is 458 g/mol. The number of nitriles is 1. The molecule has 0 spiro atoms. The lowest BCUT2D eigenvalue weighted by molar-refractivity contribution is -0.131. The molecule has 8 heteroatoms. The number of fused-ring (bicyclic) bond motifs is 3. The zero-order valence-corrected chi connectivity index (χ0v) is 19.5. The van der Waals surface area contributed by atoms with Crippen molar-refractivity contribution in [2.24, 2.45) is 4.99 Å². The fourth-order valence-corrected chi connectivity index (χ4v) is 4.99. The highest BCUT2D eigenvalue weighted by molar-refractivity contribution is 5.78. The minimum absolute atomic E-state index is 0.0264. The molecule has 0 radical (unpaired) electrons. The Morgan fingerprint density at radius 1 is 1.29 bits per heavy atom. The summed E-state index contributed by atoms with van der Waals surface area (Å²) in [6.07, 6.45) is 4.08. The summed E-state index contributed by atoms with van der Waals surface area (Å²) < 4.78 is 18.1. The van der Waals surface area contributed by atoms with Crippen molar-refractivity contribution in [2.45, 2.75) is 58.3 Å². The topological polar surface area (TPSA) is 87.2 Å². The molecule has 0 saturated carbocycles. The van der Waals surface area contributed by atoms with Crippen molar-refractivity contribution in [1.82, 2.24) is 19.4 Å². The molecule has 1 fully saturated rings. The molecule has 2 aromatic heterocycles. The predicted octanol–water partition coefficient (Wildman–Crippen LogP) is 3.47. The van der Waals surface area contributed by atoms with Gasteiger partial charge in [0.1, 0.15) is 5.82 Å². The molecule has 0 bridgehead atoms. The van der Waals surface area contributed by atoms with Crippen molar-refractivity contribution in [2.75, 3.05) is 13.1 Å². The van der Waals surface area contributed by atoms with Crippen molar-refractivity contribution < 1.29 is 9.18 Å². The number of piperidine rings is 1. The third-order valence-corrected chi connectivity index (χ3v) is 7.17. The summed E-state index contributed by atoms with van der Waals surface area (Å²) in [5.74, 6) is 0.939. The molecule has 1 amide bonds. The van der Waals surface area contributed by atoms with Gasteiger partial charge in [-0.05, 0) is 36.6 Å². The molecule has 1 saturated heterocycles. The molecule has 174 valence electrons. The Morgan fingerprint density at radius 3 is 2.82 bits per heavy atom. The second-order valence-corrected chi connectivity index (χ2v) is 9.18. The Balaban J connectivity index is 1.58. The van der Waals surface area contributed by atoms with Crippen LogP contribution in [0.1, 0.15) is 54.4 Å². The van der Waals surface area contributed by atoms with Crippen LogP contribution < -0.4 is 5.49 Å². The van der Waals surface area contributed by atoms with Crippen molar-refractivity contribution in [3.05, 3.63) is 64.2 Å². The Morgan fingerprint density at radius 2 is 2.09 bits per heavy atom. The number of nitrogens with zero attached hydrogens (tertiary/aromatic N) is 6. The number of pyridine rings is 1. The second kappa shape index (κ2) is 8.64. The van der Waals surface area contributed by atoms with E-state index in [0.717, 1.165) is 47.2 Å². The first-order chi connectivity index (χ1) is 16.4. The molecular formula is C26H27FN6O. The van der Waals surface area contributed by atoms with Crippen molar-refractivity contribution in [3.8, 4) is 6.07 Å². The molecular weight excluding hydrogens is 431 g/mol. The lowest BCUT2D eigenvalue weighted by Crippen LogP contribution is -2.42. The van der Waals surface area contributed by atoms with E-state index in [2.05, 4.69) is 15.6 Å². The number of amides is 1. The molecule has 1 aromatic carbocycles. The maximum absolute atomic E-state index is 16.0. The van der Waals surface area contributed by atoms with Crippen molar-refractivity contribution >= 4 is 16.8 Å². The lowest BCUT2D eigenvalue weighted by atomic mass is 9.89. The van der Waals surface area contributed by atoms with Crippen LogP contribution in [0.2, 0.25) is 0 Å². The Bertz CT molecular complexity index is 1390. The molecule has 3 aromatic rings. The van der Waals surface area contributed by atoms with Crippen LogP contribution >= 0.6 is 0 Å². The van der Waals surface area contributed by atoms with E-state index in [-0.39, 0.29) is 18.7 Å². The molecule has 5 rings (SSSR count). The zero-order chi connectivity index (χ0) is 23.9. The highest BCUT2D eigenvalue weighted by Gasteiger charge is 2.38. The number of rotatable bonds is 3. The van der Waals surface area contributed by atoms with Gasteiger partial charge in [-0.2, -0.15) is 5.26 Å². The number of carbonyl (C=O) groups is 1. The second-order valence-electron chi connectivity index (χ2n) is 9.18. The molecule has 0 atom stereocenters. The van der Waals surface area contributed by atoms with E-state index in [0.29, 0.717) is 36.4 Å². The third-order valence-electron chi connectivity index (χ3n) is 7.17. The van der Waals surface area contributed by atoms with E-state index in [1.807, 2.05) is 19.1 Å². The number of carbonyl (C=O) groups excluding carboxylic acids is 1. The molecule has 2 aliphatic heterocycles. The van der Waals surface area contributed by atoms with Crippen LogP contribution in [-0.2, 0) is 30.0 Å². The maximum atomic E-state index is 16.0. The van der Waals surface area contributed by atoms with Gasteiger partial charge < -0.3 is 9.47 Å². The first-order valence-corrected chi connectivity index (χ1v) is 11.7. The maximum Gasteiger partial charge on any atom is 0.219 e. The van der Waals surface area contributed by atoms with Crippen LogP contribution in [0.5, 0.6) is 0 Å². The van der Waals surface area contributed by atoms with Crippen LogP contribution in [0.25, 0.3) is 10.9 Å². The summed E-state index contributed by atoms with van der Waals surface area (Å²) in [6.45, 7) is 5.46. The van der Waals surface area contributed by atoms with Crippen LogP contribution in [0.4, 0.5) is 4.39 Å². The average Bonchev–Trinajstić information content (AvgIpc) is 3.32. The number of benzene rings is 1. The van der Waals surface area contributed by atoms with Gasteiger partial charge in [0, 0.05) is 51.2 Å². The fraction of sp³-hybridized carbons (Fsp3) is 0.423. The molecule has 0 unspecified atom stereocenters. The van der Waals surface area contributed by atoms with E-state index in [4.69, 9.17) is 9.98 Å². The highest BCUT2D eigenvalue weighted by Crippen LogP contribution is 2.36. The summed E-state index contributed by atoms with van der Waals surface area (Å²) in [4.78, 5) is 27.6. The normalized spacial score (nSPS) is 17.6. The number of alkyl halides is 1. The predicted molar refractivity (Wildman–Crippen MR) is 125 cm³/mol. The van der Waals surface area contributed by atoms with Crippen LogP contribution in [0.3, 0.4) is 0 Å². The van der Waals surface area contributed by atoms with Gasteiger partial charge in [-0.1, -0.05) is 12.1 Å². The number of halogens is 1. The lowest BCUT2D eigenvalue weighted by Gasteiger charge is -2.35. The number of aryl methyl sites for hydroxylation is 2. The van der Waals surface area contributed by atoms with Crippen LogP contribution in [-0.4, -0.2) is 38.4 Å². The van der Waals surface area contributed by atoms with E-state index in [1.165, 1.54) is 6.92 Å². The number of likely N-dealkylation sites (tertiary alicyclic amines) is 1. The largest absolute Gasteiger partial charge is 0.343 e. The highest BCUT2D eigenvalue weighted by atomic mass is 19.1. The summed E-state index contributed by atoms with van der Waals surface area (Å²) in [5, 5.41) is 10.1. The van der Waals surface area contributed by atoms with Crippen LogP contribution in [0.15, 0.2) is 35.5 Å². The van der Waals surface area contributed by atoms with Crippen molar-refractivity contribution in [1.29, 1.82) is 5.26 Å². The van der Waals surface area contributed by atoms with Gasteiger partial charge in [0.25, 0.3) is 0 Å². The smallest absolute Gasteiger partial charge is 0.219 e. The van der Waals surface area contributed by atoms with Gasteiger partial charge in [0.05, 0.1) is 35.6 Å². The number of aromatic nitrogens is 3. The quantitative estimate of drug-likeness (QED) is 0.601. The van der Waals surface area contributed by atoms with Gasteiger partial charge in [-0.15, -0.1) is 0 Å². The Labute approximate surface area is 197 Å². The van der Waals surface area contributed by atoms with E-state index >= 15 is 4.39 Å². The van der Waals surface area contributed by atoms with Gasteiger partial charge in [0.2, 0.25) is 5.91 Å². The number of hydrogen-bond acceptors (Lipinski definition) is 5. The third kappa shape index (κ3) is 3.85. The van der Waals surface area contributed by atoms with Crippen LogP contribution in [0, 0.1) is 18.3 Å². The van der Waals surface area contributed by atoms with Gasteiger partial charge in [-0.3, -0.25) is 14.8 Å². The first-order valence-electron chi connectivity index (χ1n) is 11.7. The summed E-state index contributed by atoms with van der Waals surface area (Å²) in [6, 6.07) is 9.65. The minimum atomic E-state index is -1.58.